The van der Waals surface area contributed by atoms with Crippen LogP contribution in [-0.4, -0.2) is 36.1 Å². The molecule has 0 atom stereocenters. The van der Waals surface area contributed by atoms with E-state index in [9.17, 15) is 4.79 Å². The van der Waals surface area contributed by atoms with Gasteiger partial charge in [-0.05, 0) is 34.1 Å². The third kappa shape index (κ3) is 3.81. The van der Waals surface area contributed by atoms with Gasteiger partial charge in [0.05, 0.1) is 23.9 Å². The van der Waals surface area contributed by atoms with E-state index in [1.54, 1.807) is 25.3 Å². The molecule has 5 heteroatoms. The van der Waals surface area contributed by atoms with Crippen molar-refractivity contribution >= 4 is 33.5 Å². The molecule has 0 amide bonds. The highest BCUT2D eigenvalue weighted by atomic mass is 79.9. The Kier molecular flexibility index (Phi) is 5.87. The van der Waals surface area contributed by atoms with Crippen LogP contribution in [-0.2, 0) is 0 Å². The molecule has 1 aromatic rings. The lowest BCUT2D eigenvalue weighted by atomic mass is 10.1. The number of hydrogen-bond acceptors (Lipinski definition) is 4. The van der Waals surface area contributed by atoms with Crippen molar-refractivity contribution in [3.63, 3.8) is 0 Å². The summed E-state index contributed by atoms with van der Waals surface area (Å²) in [6, 6.07) is 5.25. The number of benzene rings is 1. The topological polar surface area (TPSA) is 46.5 Å². The molecule has 1 N–H and O–H groups in total. The second-order valence-corrected chi connectivity index (χ2v) is 5.01. The summed E-state index contributed by atoms with van der Waals surface area (Å²) in [4.78, 5) is 11.7. The van der Waals surface area contributed by atoms with E-state index in [-0.39, 0.29) is 12.4 Å². The van der Waals surface area contributed by atoms with Crippen molar-refractivity contribution in [3.8, 4) is 5.75 Å². The minimum atomic E-state index is 0.0572. The Bertz CT molecular complexity index is 368. The summed E-state index contributed by atoms with van der Waals surface area (Å²) in [5, 5.41) is 8.61. The Hall–Kier alpha value is -0.520. The van der Waals surface area contributed by atoms with E-state index in [1.807, 2.05) is 0 Å². The van der Waals surface area contributed by atoms with Crippen LogP contribution in [0.3, 0.4) is 0 Å². The number of rotatable bonds is 6. The number of ketones is 1. The smallest absolute Gasteiger partial charge is 0.172 e. The molecule has 1 aromatic carbocycles. The molecule has 1 rings (SSSR count). The van der Waals surface area contributed by atoms with E-state index < -0.39 is 0 Å². The average Bonchev–Trinajstić information content (AvgIpc) is 2.29. The van der Waals surface area contributed by atoms with Crippen LogP contribution in [0.1, 0.15) is 10.4 Å². The van der Waals surface area contributed by atoms with Gasteiger partial charge in [-0.3, -0.25) is 4.79 Å². The molecule has 0 radical (unpaired) electrons. The second-order valence-electron chi connectivity index (χ2n) is 3.05. The van der Waals surface area contributed by atoms with Gasteiger partial charge >= 0.3 is 0 Å². The van der Waals surface area contributed by atoms with Crippen molar-refractivity contribution in [3.05, 3.63) is 28.2 Å². The van der Waals surface area contributed by atoms with Crippen LogP contribution in [0.25, 0.3) is 0 Å². The minimum Gasteiger partial charge on any atom is -0.496 e. The van der Waals surface area contributed by atoms with Crippen LogP contribution < -0.4 is 4.74 Å². The number of halogens is 1. The lowest BCUT2D eigenvalue weighted by Crippen LogP contribution is -2.04. The maximum atomic E-state index is 11.7. The molecule has 0 unspecified atom stereocenters. The molecule has 0 bridgehead atoms. The lowest BCUT2D eigenvalue weighted by molar-refractivity contribution is 0.102. The van der Waals surface area contributed by atoms with Gasteiger partial charge < -0.3 is 9.84 Å². The summed E-state index contributed by atoms with van der Waals surface area (Å²) >= 11 is 4.76. The lowest BCUT2D eigenvalue weighted by Gasteiger charge is -2.05. The van der Waals surface area contributed by atoms with E-state index in [0.29, 0.717) is 22.8 Å². The first-order valence-electron chi connectivity index (χ1n) is 4.74. The van der Waals surface area contributed by atoms with Crippen LogP contribution in [0.5, 0.6) is 5.75 Å². The summed E-state index contributed by atoms with van der Waals surface area (Å²) in [6.07, 6.45) is 0. The predicted octanol–water partition coefficient (Wildman–Crippen LogP) is 2.37. The number of Topliss-reactive ketones (excluding diaryl/α,β-unsaturated/α-hetero) is 1. The number of carbonyl (C=O) groups is 1. The molecule has 16 heavy (non-hydrogen) atoms. The number of ether oxygens (including phenoxy) is 1. The van der Waals surface area contributed by atoms with Gasteiger partial charge in [-0.25, -0.2) is 0 Å². The number of carbonyl (C=O) groups excluding carboxylic acids is 1. The van der Waals surface area contributed by atoms with Crippen molar-refractivity contribution in [1.29, 1.82) is 0 Å². The van der Waals surface area contributed by atoms with Crippen LogP contribution in [0.15, 0.2) is 22.7 Å². The molecular formula is C11H13BrO3S. The molecule has 0 fully saturated rings. The summed E-state index contributed by atoms with van der Waals surface area (Å²) < 4.78 is 5.85. The molecule has 0 heterocycles. The molecule has 0 saturated heterocycles. The van der Waals surface area contributed by atoms with Gasteiger partial charge in [0.25, 0.3) is 0 Å². The number of thioether (sulfide) groups is 1. The minimum absolute atomic E-state index is 0.0572. The standard InChI is InChI=1S/C11H13BrO3S/c1-15-11-3-2-8(6-9(11)12)10(14)7-16-5-4-13/h2-3,6,13H,4-5,7H2,1H3. The maximum absolute atomic E-state index is 11.7. The van der Waals surface area contributed by atoms with Gasteiger partial charge in [0.1, 0.15) is 5.75 Å². The molecular weight excluding hydrogens is 292 g/mol. The van der Waals surface area contributed by atoms with Crippen LogP contribution >= 0.6 is 27.7 Å². The number of aliphatic hydroxyl groups excluding tert-OH is 1. The summed E-state index contributed by atoms with van der Waals surface area (Å²) in [5.41, 5.74) is 0.651. The van der Waals surface area contributed by atoms with E-state index >= 15 is 0 Å². The first-order valence-corrected chi connectivity index (χ1v) is 6.69. The molecule has 0 aliphatic rings. The SMILES string of the molecule is COc1ccc(C(=O)CSCCO)cc1Br. The molecule has 0 aliphatic carbocycles. The van der Waals surface area contributed by atoms with E-state index in [0.717, 1.165) is 4.47 Å². The summed E-state index contributed by atoms with van der Waals surface area (Å²) in [5.74, 6) is 1.74. The van der Waals surface area contributed by atoms with Gasteiger partial charge in [-0.2, -0.15) is 11.8 Å². The molecule has 3 nitrogen and oxygen atoms in total. The third-order valence-corrected chi connectivity index (χ3v) is 3.50. The normalized spacial score (nSPS) is 10.2. The molecule has 88 valence electrons. The highest BCUT2D eigenvalue weighted by Crippen LogP contribution is 2.26. The molecule has 0 saturated carbocycles. The maximum Gasteiger partial charge on any atom is 0.172 e. The van der Waals surface area contributed by atoms with E-state index in [1.165, 1.54) is 11.8 Å². The highest BCUT2D eigenvalue weighted by Gasteiger charge is 2.08. The van der Waals surface area contributed by atoms with Gasteiger partial charge in [-0.15, -0.1) is 0 Å². The number of hydrogen-bond donors (Lipinski definition) is 1. The quantitative estimate of drug-likeness (QED) is 0.647. The first-order chi connectivity index (χ1) is 7.69. The Balaban J connectivity index is 2.66. The zero-order valence-electron chi connectivity index (χ0n) is 8.90. The fourth-order valence-corrected chi connectivity index (χ4v) is 2.32. The monoisotopic (exact) mass is 304 g/mol. The number of aliphatic hydroxyl groups is 1. The summed E-state index contributed by atoms with van der Waals surface area (Å²) in [6.45, 7) is 0.101. The zero-order valence-corrected chi connectivity index (χ0v) is 11.3. The molecule has 0 aromatic heterocycles. The van der Waals surface area contributed by atoms with Crippen molar-refractivity contribution in [1.82, 2.24) is 0 Å². The largest absolute Gasteiger partial charge is 0.496 e. The van der Waals surface area contributed by atoms with Crippen LogP contribution in [0.2, 0.25) is 0 Å². The second kappa shape index (κ2) is 6.93. The van der Waals surface area contributed by atoms with Gasteiger partial charge in [0.15, 0.2) is 5.78 Å². The van der Waals surface area contributed by atoms with Gasteiger partial charge in [0, 0.05) is 11.3 Å². The van der Waals surface area contributed by atoms with Gasteiger partial charge in [-0.1, -0.05) is 0 Å². The van der Waals surface area contributed by atoms with Crippen LogP contribution in [0.4, 0.5) is 0 Å². The number of methoxy groups -OCH3 is 1. The first kappa shape index (κ1) is 13.5. The highest BCUT2D eigenvalue weighted by molar-refractivity contribution is 9.10. The van der Waals surface area contributed by atoms with Gasteiger partial charge in [0.2, 0.25) is 0 Å². The zero-order chi connectivity index (χ0) is 12.0. The Morgan fingerprint density at radius 2 is 2.31 bits per heavy atom. The van der Waals surface area contributed by atoms with Crippen molar-refractivity contribution < 1.29 is 14.6 Å². The molecule has 0 spiro atoms. The van der Waals surface area contributed by atoms with E-state index in [2.05, 4.69) is 15.9 Å². The van der Waals surface area contributed by atoms with Crippen molar-refractivity contribution in [2.45, 2.75) is 0 Å². The summed E-state index contributed by atoms with van der Waals surface area (Å²) in [7, 11) is 1.58. The molecule has 0 aliphatic heterocycles. The van der Waals surface area contributed by atoms with E-state index in [4.69, 9.17) is 9.84 Å². The van der Waals surface area contributed by atoms with Crippen molar-refractivity contribution in [2.75, 3.05) is 25.2 Å². The fraction of sp³-hybridized carbons (Fsp3) is 0.364. The Labute approximate surface area is 107 Å². The predicted molar refractivity (Wildman–Crippen MR) is 69.4 cm³/mol. The van der Waals surface area contributed by atoms with Crippen molar-refractivity contribution in [2.24, 2.45) is 0 Å². The van der Waals surface area contributed by atoms with Crippen LogP contribution in [0, 0.1) is 0 Å². The average molecular weight is 305 g/mol. The fourth-order valence-electron chi connectivity index (χ4n) is 1.15. The Morgan fingerprint density at radius 3 is 2.88 bits per heavy atom. The third-order valence-electron chi connectivity index (χ3n) is 1.94. The Morgan fingerprint density at radius 1 is 1.56 bits per heavy atom.